The van der Waals surface area contributed by atoms with Gasteiger partial charge in [0.15, 0.2) is 16.6 Å². The number of hydrogen-bond acceptors (Lipinski definition) is 3. The standard InChI is InChI=1S/C32H61NO2Si2/c1-23(2)36(24(3)4,25(5)6)34-21-31-19-20-32(33(31)29(13)30-17-15-14-16-18-30)22-35-37(26(7)8,27(9)10)28(11)12/h14-18,23-29,31-32H,19-22H2,1-13H3/t29-,31+,32+/m0/s1. The van der Waals surface area contributed by atoms with E-state index in [4.69, 9.17) is 8.85 Å². The fraction of sp³-hybridized carbons (Fsp3) is 0.812. The van der Waals surface area contributed by atoms with E-state index in [0.717, 1.165) is 13.2 Å². The fourth-order valence-electron chi connectivity index (χ4n) is 8.34. The molecule has 0 saturated carbocycles. The Morgan fingerprint density at radius 1 is 0.595 bits per heavy atom. The maximum Gasteiger partial charge on any atom is 0.200 e. The van der Waals surface area contributed by atoms with Crippen LogP contribution in [0.4, 0.5) is 0 Å². The molecule has 1 saturated heterocycles. The van der Waals surface area contributed by atoms with Crippen LogP contribution < -0.4 is 0 Å². The van der Waals surface area contributed by atoms with Crippen LogP contribution in [0.15, 0.2) is 30.3 Å². The summed E-state index contributed by atoms with van der Waals surface area (Å²) in [5, 5.41) is 0. The summed E-state index contributed by atoms with van der Waals surface area (Å²) in [6, 6.07) is 12.3. The van der Waals surface area contributed by atoms with E-state index in [1.807, 2.05) is 0 Å². The average Bonchev–Trinajstić information content (AvgIpc) is 3.21. The Kier molecular flexibility index (Phi) is 12.2. The second kappa shape index (κ2) is 13.7. The van der Waals surface area contributed by atoms with Crippen LogP contribution in [0.3, 0.4) is 0 Å². The maximum atomic E-state index is 7.19. The molecule has 3 nitrogen and oxygen atoms in total. The molecule has 1 aliphatic rings. The molecule has 0 unspecified atom stereocenters. The third kappa shape index (κ3) is 6.82. The van der Waals surface area contributed by atoms with E-state index in [1.165, 1.54) is 18.4 Å². The summed E-state index contributed by atoms with van der Waals surface area (Å²) in [6.07, 6.45) is 2.40. The maximum absolute atomic E-state index is 7.19. The molecule has 1 heterocycles. The number of benzene rings is 1. The summed E-state index contributed by atoms with van der Waals surface area (Å²) in [7, 11) is -3.81. The predicted octanol–water partition coefficient (Wildman–Crippen LogP) is 9.96. The van der Waals surface area contributed by atoms with Crippen molar-refractivity contribution in [2.24, 2.45) is 0 Å². The SMILES string of the molecule is CC(C)[Si](OC[C@H]1CC[C@H](CO[Si](C(C)C)(C(C)C)C(C)C)N1[C@@H](C)c1ccccc1)(C(C)C)C(C)C. The number of nitrogens with zero attached hydrogens (tertiary/aromatic N) is 1. The van der Waals surface area contributed by atoms with Gasteiger partial charge in [-0.15, -0.1) is 0 Å². The van der Waals surface area contributed by atoms with E-state index in [2.05, 4.69) is 125 Å². The molecule has 0 radical (unpaired) electrons. The van der Waals surface area contributed by atoms with E-state index >= 15 is 0 Å². The molecule has 0 aromatic heterocycles. The van der Waals surface area contributed by atoms with Crippen LogP contribution in [0.25, 0.3) is 0 Å². The molecule has 0 N–H and O–H groups in total. The highest BCUT2D eigenvalue weighted by Gasteiger charge is 2.49. The van der Waals surface area contributed by atoms with Gasteiger partial charge in [-0.05, 0) is 58.6 Å². The van der Waals surface area contributed by atoms with Crippen LogP contribution in [0.1, 0.15) is 114 Å². The molecule has 0 amide bonds. The quantitative estimate of drug-likeness (QED) is 0.216. The van der Waals surface area contributed by atoms with E-state index in [9.17, 15) is 0 Å². The van der Waals surface area contributed by atoms with Crippen LogP contribution in [-0.4, -0.2) is 46.8 Å². The van der Waals surface area contributed by atoms with Crippen molar-refractivity contribution >= 4 is 16.6 Å². The van der Waals surface area contributed by atoms with Crippen molar-refractivity contribution in [1.82, 2.24) is 4.90 Å². The Hall–Kier alpha value is -0.466. The summed E-state index contributed by atoms with van der Waals surface area (Å²) >= 11 is 0. The van der Waals surface area contributed by atoms with Crippen molar-refractivity contribution in [2.75, 3.05) is 13.2 Å². The van der Waals surface area contributed by atoms with E-state index in [0.29, 0.717) is 51.4 Å². The molecule has 1 aromatic carbocycles. The molecule has 1 aromatic rings. The van der Waals surface area contributed by atoms with E-state index < -0.39 is 16.6 Å². The first-order valence-corrected chi connectivity index (χ1v) is 19.6. The molecule has 1 fully saturated rings. The second-order valence-electron chi connectivity index (χ2n) is 13.7. The Bertz CT molecular complexity index is 706. The van der Waals surface area contributed by atoms with Crippen molar-refractivity contribution in [3.63, 3.8) is 0 Å². The minimum Gasteiger partial charge on any atom is -0.414 e. The largest absolute Gasteiger partial charge is 0.414 e. The lowest BCUT2D eigenvalue weighted by Gasteiger charge is -2.45. The van der Waals surface area contributed by atoms with E-state index in [1.54, 1.807) is 0 Å². The van der Waals surface area contributed by atoms with Gasteiger partial charge in [-0.25, -0.2) is 0 Å². The Morgan fingerprint density at radius 2 is 0.919 bits per heavy atom. The molecule has 1 aliphatic heterocycles. The summed E-state index contributed by atoms with van der Waals surface area (Å²) < 4.78 is 14.4. The van der Waals surface area contributed by atoms with Crippen LogP contribution in [-0.2, 0) is 8.85 Å². The van der Waals surface area contributed by atoms with Crippen molar-refractivity contribution in [3.05, 3.63) is 35.9 Å². The predicted molar refractivity (Wildman–Crippen MR) is 168 cm³/mol. The first-order chi connectivity index (χ1) is 17.2. The summed E-state index contributed by atoms with van der Waals surface area (Å²) in [5.74, 6) is 0. The molecule has 0 spiro atoms. The zero-order chi connectivity index (χ0) is 28.1. The normalized spacial score (nSPS) is 20.9. The molecule has 5 heteroatoms. The Morgan fingerprint density at radius 3 is 1.22 bits per heavy atom. The Labute approximate surface area is 233 Å². The third-order valence-corrected chi connectivity index (χ3v) is 22.0. The lowest BCUT2D eigenvalue weighted by molar-refractivity contribution is 0.0671. The topological polar surface area (TPSA) is 21.7 Å². The summed E-state index contributed by atoms with van der Waals surface area (Å²) in [5.41, 5.74) is 5.08. The van der Waals surface area contributed by atoms with Gasteiger partial charge in [0.1, 0.15) is 0 Å². The van der Waals surface area contributed by atoms with Crippen molar-refractivity contribution in [3.8, 4) is 0 Å². The number of rotatable bonds is 14. The van der Waals surface area contributed by atoms with Crippen molar-refractivity contribution in [2.45, 2.75) is 154 Å². The van der Waals surface area contributed by atoms with Crippen molar-refractivity contribution in [1.29, 1.82) is 0 Å². The lowest BCUT2D eigenvalue weighted by Crippen LogP contribution is -2.52. The van der Waals surface area contributed by atoms with Gasteiger partial charge >= 0.3 is 0 Å². The fourth-order valence-corrected chi connectivity index (χ4v) is 19.3. The molecule has 214 valence electrons. The summed E-state index contributed by atoms with van der Waals surface area (Å²) in [6.45, 7) is 32.9. The van der Waals surface area contributed by atoms with E-state index in [-0.39, 0.29) is 0 Å². The van der Waals surface area contributed by atoms with Gasteiger partial charge in [0.2, 0.25) is 0 Å². The van der Waals surface area contributed by atoms with Crippen molar-refractivity contribution < 1.29 is 8.85 Å². The minimum absolute atomic E-state index is 0.354. The summed E-state index contributed by atoms with van der Waals surface area (Å²) in [4.78, 5) is 2.79. The monoisotopic (exact) mass is 547 g/mol. The molecule has 0 aliphatic carbocycles. The smallest absolute Gasteiger partial charge is 0.200 e. The van der Waals surface area contributed by atoms with Gasteiger partial charge < -0.3 is 8.85 Å². The third-order valence-electron chi connectivity index (χ3n) is 9.87. The average molecular weight is 548 g/mol. The van der Waals surface area contributed by atoms with Gasteiger partial charge in [-0.3, -0.25) is 4.90 Å². The molecular formula is C32H61NO2Si2. The van der Waals surface area contributed by atoms with Gasteiger partial charge in [0, 0.05) is 31.3 Å². The highest BCUT2D eigenvalue weighted by molar-refractivity contribution is 6.78. The van der Waals surface area contributed by atoms with Gasteiger partial charge in [0.05, 0.1) is 0 Å². The van der Waals surface area contributed by atoms with Crippen LogP contribution in [0, 0.1) is 0 Å². The van der Waals surface area contributed by atoms with Crippen LogP contribution >= 0.6 is 0 Å². The number of likely N-dealkylation sites (tertiary alicyclic amines) is 1. The first-order valence-electron chi connectivity index (χ1n) is 15.3. The zero-order valence-corrected chi connectivity index (χ0v) is 28.7. The highest BCUT2D eigenvalue weighted by atomic mass is 28.4. The minimum atomic E-state index is -1.90. The molecule has 0 bridgehead atoms. The zero-order valence-electron chi connectivity index (χ0n) is 26.7. The lowest BCUT2D eigenvalue weighted by atomic mass is 10.1. The molecule has 3 atom stereocenters. The van der Waals surface area contributed by atoms with Gasteiger partial charge in [-0.1, -0.05) is 113 Å². The van der Waals surface area contributed by atoms with Gasteiger partial charge in [0.25, 0.3) is 0 Å². The molecular weight excluding hydrogens is 487 g/mol. The van der Waals surface area contributed by atoms with Crippen LogP contribution in [0.2, 0.25) is 33.2 Å². The molecule has 37 heavy (non-hydrogen) atoms. The van der Waals surface area contributed by atoms with Crippen LogP contribution in [0.5, 0.6) is 0 Å². The number of hydrogen-bond donors (Lipinski definition) is 0. The highest BCUT2D eigenvalue weighted by Crippen LogP contribution is 2.45. The Balaban J connectivity index is 2.36. The second-order valence-corrected chi connectivity index (χ2v) is 24.6. The van der Waals surface area contributed by atoms with Gasteiger partial charge in [-0.2, -0.15) is 0 Å². The molecule has 2 rings (SSSR count). The first kappa shape index (κ1) is 32.7.